The van der Waals surface area contributed by atoms with Crippen molar-refractivity contribution in [2.45, 2.75) is 18.8 Å². The Bertz CT molecular complexity index is 697. The zero-order valence-corrected chi connectivity index (χ0v) is 11.9. The topological polar surface area (TPSA) is 52.9 Å². The number of fused-ring (bicyclic) bond motifs is 3. The Kier molecular flexibility index (Phi) is 3.23. The fourth-order valence-electron chi connectivity index (χ4n) is 3.27. The third-order valence-corrected chi connectivity index (χ3v) is 4.13. The van der Waals surface area contributed by atoms with Gasteiger partial charge in [-0.25, -0.2) is 0 Å². The Morgan fingerprint density at radius 2 is 1.62 bits per heavy atom. The van der Waals surface area contributed by atoms with Crippen molar-refractivity contribution in [2.75, 3.05) is 6.54 Å². The summed E-state index contributed by atoms with van der Waals surface area (Å²) in [6.07, 6.45) is 0.146. The molecule has 0 atom stereocenters. The van der Waals surface area contributed by atoms with E-state index in [0.29, 0.717) is 6.54 Å². The highest BCUT2D eigenvalue weighted by atomic mass is 16.2. The standard InChI is InChI=1S/C18H16N2O/c1-2-20-17(21)18(11-12-19)15-9-5-3-7-13(15)14-8-4-6-10-16(14)18/h3-10H,2,11H2,1H3,(H,20,21). The lowest BCUT2D eigenvalue weighted by molar-refractivity contribution is -0.125. The second-order valence-electron chi connectivity index (χ2n) is 5.19. The molecule has 0 unspecified atom stereocenters. The molecule has 0 radical (unpaired) electrons. The minimum absolute atomic E-state index is 0.0936. The maximum Gasteiger partial charge on any atom is 0.236 e. The molecule has 3 heteroatoms. The quantitative estimate of drug-likeness (QED) is 0.937. The second kappa shape index (κ2) is 5.06. The molecule has 0 bridgehead atoms. The first kappa shape index (κ1) is 13.4. The van der Waals surface area contributed by atoms with Gasteiger partial charge in [0.25, 0.3) is 0 Å². The molecule has 0 spiro atoms. The average Bonchev–Trinajstić information content (AvgIpc) is 2.80. The lowest BCUT2D eigenvalue weighted by Gasteiger charge is -2.28. The van der Waals surface area contributed by atoms with Crippen LogP contribution in [-0.4, -0.2) is 12.5 Å². The molecule has 3 nitrogen and oxygen atoms in total. The normalized spacial score (nSPS) is 13.9. The Morgan fingerprint density at radius 3 is 2.10 bits per heavy atom. The fourth-order valence-corrected chi connectivity index (χ4v) is 3.27. The summed E-state index contributed by atoms with van der Waals surface area (Å²) in [6.45, 7) is 2.45. The second-order valence-corrected chi connectivity index (χ2v) is 5.19. The van der Waals surface area contributed by atoms with E-state index >= 15 is 0 Å². The summed E-state index contributed by atoms with van der Waals surface area (Å²) in [4.78, 5) is 12.8. The van der Waals surface area contributed by atoms with Gasteiger partial charge in [-0.2, -0.15) is 5.26 Å². The van der Waals surface area contributed by atoms with Crippen molar-refractivity contribution in [1.29, 1.82) is 5.26 Å². The van der Waals surface area contributed by atoms with E-state index in [1.165, 1.54) is 0 Å². The van der Waals surface area contributed by atoms with Gasteiger partial charge in [-0.05, 0) is 29.2 Å². The third-order valence-electron chi connectivity index (χ3n) is 4.13. The van der Waals surface area contributed by atoms with Crippen LogP contribution in [0.25, 0.3) is 11.1 Å². The Hall–Kier alpha value is -2.60. The van der Waals surface area contributed by atoms with E-state index in [1.54, 1.807) is 0 Å². The van der Waals surface area contributed by atoms with Gasteiger partial charge in [-0.1, -0.05) is 48.5 Å². The Balaban J connectivity index is 2.33. The van der Waals surface area contributed by atoms with Gasteiger partial charge in [-0.3, -0.25) is 4.79 Å². The first-order valence-corrected chi connectivity index (χ1v) is 7.10. The number of amides is 1. The lowest BCUT2D eigenvalue weighted by atomic mass is 9.75. The number of carbonyl (C=O) groups excluding carboxylic acids is 1. The Morgan fingerprint density at radius 1 is 1.10 bits per heavy atom. The monoisotopic (exact) mass is 276 g/mol. The maximum absolute atomic E-state index is 12.8. The van der Waals surface area contributed by atoms with Crippen LogP contribution in [0.5, 0.6) is 0 Å². The van der Waals surface area contributed by atoms with Gasteiger partial charge in [0, 0.05) is 6.54 Å². The summed E-state index contributed by atoms with van der Waals surface area (Å²) < 4.78 is 0. The minimum Gasteiger partial charge on any atom is -0.355 e. The van der Waals surface area contributed by atoms with Crippen molar-refractivity contribution >= 4 is 5.91 Å². The predicted molar refractivity (Wildman–Crippen MR) is 81.6 cm³/mol. The number of hydrogen-bond donors (Lipinski definition) is 1. The number of rotatable bonds is 3. The van der Waals surface area contributed by atoms with Gasteiger partial charge < -0.3 is 5.32 Å². The zero-order chi connectivity index (χ0) is 14.9. The molecule has 2 aromatic carbocycles. The number of hydrogen-bond acceptors (Lipinski definition) is 2. The van der Waals surface area contributed by atoms with Crippen LogP contribution in [0.1, 0.15) is 24.5 Å². The molecule has 0 fully saturated rings. The molecule has 0 saturated carbocycles. The zero-order valence-electron chi connectivity index (χ0n) is 11.9. The molecule has 3 rings (SSSR count). The molecule has 104 valence electrons. The van der Waals surface area contributed by atoms with Crippen LogP contribution in [0.4, 0.5) is 0 Å². The lowest BCUT2D eigenvalue weighted by Crippen LogP contribution is -2.43. The van der Waals surface area contributed by atoms with Gasteiger partial charge in [0.2, 0.25) is 5.91 Å². The molecule has 0 saturated heterocycles. The van der Waals surface area contributed by atoms with Crippen LogP contribution in [0.3, 0.4) is 0 Å². The fraction of sp³-hybridized carbons (Fsp3) is 0.222. The summed E-state index contributed by atoms with van der Waals surface area (Å²) in [5.74, 6) is -0.0936. The number of nitriles is 1. The van der Waals surface area contributed by atoms with Gasteiger partial charge in [0.15, 0.2) is 0 Å². The van der Waals surface area contributed by atoms with Crippen molar-refractivity contribution in [3.63, 3.8) is 0 Å². The smallest absolute Gasteiger partial charge is 0.236 e. The molecule has 1 N–H and O–H groups in total. The number of likely N-dealkylation sites (N-methyl/N-ethyl adjacent to an activating group) is 1. The molecule has 1 aliphatic carbocycles. The van der Waals surface area contributed by atoms with Crippen LogP contribution in [-0.2, 0) is 10.2 Å². The first-order valence-electron chi connectivity index (χ1n) is 7.10. The maximum atomic E-state index is 12.8. The SMILES string of the molecule is CCNC(=O)C1(CC#N)c2ccccc2-c2ccccc21. The third kappa shape index (κ3) is 1.76. The molecule has 2 aromatic rings. The molecular formula is C18H16N2O. The van der Waals surface area contributed by atoms with Gasteiger partial charge in [0.05, 0.1) is 12.5 Å². The number of nitrogens with zero attached hydrogens (tertiary/aromatic N) is 1. The number of carbonyl (C=O) groups is 1. The molecule has 21 heavy (non-hydrogen) atoms. The van der Waals surface area contributed by atoms with E-state index in [9.17, 15) is 10.1 Å². The number of nitrogens with one attached hydrogen (secondary N) is 1. The van der Waals surface area contributed by atoms with Crippen molar-refractivity contribution < 1.29 is 4.79 Å². The van der Waals surface area contributed by atoms with Crippen molar-refractivity contribution in [3.8, 4) is 17.2 Å². The molecule has 0 aliphatic heterocycles. The molecule has 0 aromatic heterocycles. The van der Waals surface area contributed by atoms with Gasteiger partial charge >= 0.3 is 0 Å². The minimum atomic E-state index is -0.891. The van der Waals surface area contributed by atoms with Crippen LogP contribution in [0.15, 0.2) is 48.5 Å². The van der Waals surface area contributed by atoms with E-state index in [4.69, 9.17) is 0 Å². The van der Waals surface area contributed by atoms with Crippen molar-refractivity contribution in [1.82, 2.24) is 5.32 Å². The van der Waals surface area contributed by atoms with Crippen LogP contribution >= 0.6 is 0 Å². The van der Waals surface area contributed by atoms with Crippen LogP contribution in [0.2, 0.25) is 0 Å². The highest BCUT2D eigenvalue weighted by Crippen LogP contribution is 2.50. The summed E-state index contributed by atoms with van der Waals surface area (Å²) in [6, 6.07) is 18.0. The van der Waals surface area contributed by atoms with E-state index in [0.717, 1.165) is 22.3 Å². The van der Waals surface area contributed by atoms with E-state index in [1.807, 2.05) is 55.5 Å². The number of benzene rings is 2. The molecule has 1 aliphatic rings. The summed E-state index contributed by atoms with van der Waals surface area (Å²) in [7, 11) is 0. The van der Waals surface area contributed by atoms with E-state index < -0.39 is 5.41 Å². The average molecular weight is 276 g/mol. The van der Waals surface area contributed by atoms with E-state index in [-0.39, 0.29) is 12.3 Å². The van der Waals surface area contributed by atoms with Crippen molar-refractivity contribution in [3.05, 3.63) is 59.7 Å². The molecule has 1 amide bonds. The molecular weight excluding hydrogens is 260 g/mol. The summed E-state index contributed by atoms with van der Waals surface area (Å²) >= 11 is 0. The van der Waals surface area contributed by atoms with Crippen molar-refractivity contribution in [2.24, 2.45) is 0 Å². The first-order chi connectivity index (χ1) is 10.3. The van der Waals surface area contributed by atoms with Crippen LogP contribution in [0, 0.1) is 11.3 Å². The highest BCUT2D eigenvalue weighted by molar-refractivity contribution is 6.00. The van der Waals surface area contributed by atoms with Crippen LogP contribution < -0.4 is 5.32 Å². The molecule has 0 heterocycles. The van der Waals surface area contributed by atoms with E-state index in [2.05, 4.69) is 11.4 Å². The Labute approximate surface area is 124 Å². The van der Waals surface area contributed by atoms with Gasteiger partial charge in [0.1, 0.15) is 5.41 Å². The summed E-state index contributed by atoms with van der Waals surface area (Å²) in [5, 5.41) is 12.2. The highest BCUT2D eigenvalue weighted by Gasteiger charge is 2.48. The van der Waals surface area contributed by atoms with Gasteiger partial charge in [-0.15, -0.1) is 0 Å². The predicted octanol–water partition coefficient (Wildman–Crippen LogP) is 3.00. The largest absolute Gasteiger partial charge is 0.355 e. The summed E-state index contributed by atoms with van der Waals surface area (Å²) in [5.41, 5.74) is 3.07.